The Labute approximate surface area is 132 Å². The number of hydrogen-bond donors (Lipinski definition) is 1. The van der Waals surface area contributed by atoms with Crippen LogP contribution in [0.15, 0.2) is 34.9 Å². The summed E-state index contributed by atoms with van der Waals surface area (Å²) >= 11 is 0. The van der Waals surface area contributed by atoms with Crippen LogP contribution >= 0.6 is 0 Å². The van der Waals surface area contributed by atoms with E-state index < -0.39 is 5.60 Å². The van der Waals surface area contributed by atoms with Crippen LogP contribution in [0.1, 0.15) is 44.5 Å². The molecular formula is C17H25N3O2. The quantitative estimate of drug-likeness (QED) is 0.812. The normalized spacial score (nSPS) is 12.0. The van der Waals surface area contributed by atoms with Crippen LogP contribution in [0.25, 0.3) is 0 Å². The molecule has 0 aliphatic heterocycles. The largest absolute Gasteiger partial charge is 0.389 e. The number of aliphatic hydroxyl groups is 1. The summed E-state index contributed by atoms with van der Waals surface area (Å²) < 4.78 is 5.32. The van der Waals surface area contributed by atoms with Crippen molar-refractivity contribution in [1.82, 2.24) is 15.0 Å². The monoisotopic (exact) mass is 303 g/mol. The second-order valence-corrected chi connectivity index (χ2v) is 6.30. The van der Waals surface area contributed by atoms with Gasteiger partial charge in [0.15, 0.2) is 5.82 Å². The molecule has 1 aromatic carbocycles. The van der Waals surface area contributed by atoms with Gasteiger partial charge in [-0.2, -0.15) is 4.98 Å². The van der Waals surface area contributed by atoms with Crippen molar-refractivity contribution in [2.24, 2.45) is 0 Å². The summed E-state index contributed by atoms with van der Waals surface area (Å²) in [6, 6.07) is 10.2. The molecule has 0 aliphatic rings. The van der Waals surface area contributed by atoms with Crippen molar-refractivity contribution in [3.05, 3.63) is 47.6 Å². The second kappa shape index (κ2) is 7.51. The molecule has 0 unspecified atom stereocenters. The molecule has 1 heterocycles. The van der Waals surface area contributed by atoms with Gasteiger partial charge in [-0.1, -0.05) is 42.4 Å². The van der Waals surface area contributed by atoms with Crippen molar-refractivity contribution in [2.75, 3.05) is 6.54 Å². The molecule has 22 heavy (non-hydrogen) atoms. The minimum Gasteiger partial charge on any atom is -0.389 e. The van der Waals surface area contributed by atoms with E-state index in [1.165, 1.54) is 5.56 Å². The van der Waals surface area contributed by atoms with Crippen LogP contribution in [0.5, 0.6) is 0 Å². The van der Waals surface area contributed by atoms with Crippen molar-refractivity contribution in [1.29, 1.82) is 0 Å². The lowest BCUT2D eigenvalue weighted by Crippen LogP contribution is -2.38. The van der Waals surface area contributed by atoms with Crippen LogP contribution in [0, 0.1) is 0 Å². The molecule has 1 N–H and O–H groups in total. The molecule has 0 saturated carbocycles. The smallest absolute Gasteiger partial charge is 0.240 e. The number of hydrogen-bond acceptors (Lipinski definition) is 5. The topological polar surface area (TPSA) is 62.4 Å². The van der Waals surface area contributed by atoms with Crippen molar-refractivity contribution >= 4 is 0 Å². The molecule has 0 fully saturated rings. The molecule has 5 heteroatoms. The van der Waals surface area contributed by atoms with Gasteiger partial charge in [-0.25, -0.2) is 0 Å². The van der Waals surface area contributed by atoms with Crippen molar-refractivity contribution in [2.45, 2.75) is 52.3 Å². The van der Waals surface area contributed by atoms with Crippen LogP contribution in [-0.2, 0) is 19.5 Å². The molecule has 2 rings (SSSR count). The van der Waals surface area contributed by atoms with Crippen LogP contribution < -0.4 is 0 Å². The standard InChI is InChI=1S/C17H25N3O2/c1-4-8-15-18-16(22-19-15)12-20(13-17(2,3)21)11-14-9-6-5-7-10-14/h5-7,9-10,21H,4,8,11-13H2,1-3H3. The molecule has 2 aromatic rings. The van der Waals surface area contributed by atoms with E-state index in [2.05, 4.69) is 34.1 Å². The number of rotatable bonds is 8. The Balaban J connectivity index is 2.06. The maximum absolute atomic E-state index is 10.1. The number of aromatic nitrogens is 2. The Morgan fingerprint density at radius 3 is 2.55 bits per heavy atom. The van der Waals surface area contributed by atoms with Crippen LogP contribution in [0.3, 0.4) is 0 Å². The lowest BCUT2D eigenvalue weighted by molar-refractivity contribution is 0.0273. The van der Waals surface area contributed by atoms with E-state index in [1.54, 1.807) is 13.8 Å². The van der Waals surface area contributed by atoms with Gasteiger partial charge in [-0.15, -0.1) is 0 Å². The first kappa shape index (κ1) is 16.6. The highest BCUT2D eigenvalue weighted by Gasteiger charge is 2.20. The highest BCUT2D eigenvalue weighted by molar-refractivity contribution is 5.14. The Morgan fingerprint density at radius 1 is 1.18 bits per heavy atom. The summed E-state index contributed by atoms with van der Waals surface area (Å²) in [5, 5.41) is 14.1. The van der Waals surface area contributed by atoms with Crippen LogP contribution in [0.4, 0.5) is 0 Å². The third kappa shape index (κ3) is 5.58. The summed E-state index contributed by atoms with van der Waals surface area (Å²) in [5.74, 6) is 1.35. The Morgan fingerprint density at radius 2 is 1.91 bits per heavy atom. The van der Waals surface area contributed by atoms with Gasteiger partial charge in [0.25, 0.3) is 0 Å². The predicted octanol–water partition coefficient (Wildman–Crippen LogP) is 2.80. The Bertz CT molecular complexity index is 561. The average Bonchev–Trinajstić information content (AvgIpc) is 2.86. The molecule has 0 bridgehead atoms. The molecule has 0 spiro atoms. The van der Waals surface area contributed by atoms with Gasteiger partial charge in [-0.05, 0) is 25.8 Å². The highest BCUT2D eigenvalue weighted by Crippen LogP contribution is 2.13. The van der Waals surface area contributed by atoms with Crippen LogP contribution in [-0.4, -0.2) is 32.3 Å². The average molecular weight is 303 g/mol. The first-order valence-electron chi connectivity index (χ1n) is 7.76. The lowest BCUT2D eigenvalue weighted by atomic mass is 10.1. The first-order valence-corrected chi connectivity index (χ1v) is 7.76. The fourth-order valence-electron chi connectivity index (χ4n) is 2.43. The molecule has 120 valence electrons. The zero-order chi connectivity index (χ0) is 16.0. The van der Waals surface area contributed by atoms with Gasteiger partial charge in [0.2, 0.25) is 5.89 Å². The number of aryl methyl sites for hydroxylation is 1. The van der Waals surface area contributed by atoms with E-state index in [0.29, 0.717) is 19.0 Å². The van der Waals surface area contributed by atoms with Gasteiger partial charge in [0, 0.05) is 19.5 Å². The minimum atomic E-state index is -0.777. The summed E-state index contributed by atoms with van der Waals surface area (Å²) in [5.41, 5.74) is 0.418. The highest BCUT2D eigenvalue weighted by atomic mass is 16.5. The van der Waals surface area contributed by atoms with E-state index in [0.717, 1.165) is 25.2 Å². The Hall–Kier alpha value is -1.72. The van der Waals surface area contributed by atoms with E-state index in [-0.39, 0.29) is 0 Å². The summed E-state index contributed by atoms with van der Waals surface area (Å²) in [6.07, 6.45) is 1.82. The minimum absolute atomic E-state index is 0.535. The van der Waals surface area contributed by atoms with Crippen molar-refractivity contribution in [3.8, 4) is 0 Å². The second-order valence-electron chi connectivity index (χ2n) is 6.30. The fourth-order valence-corrected chi connectivity index (χ4v) is 2.43. The zero-order valence-electron chi connectivity index (χ0n) is 13.6. The molecule has 1 aromatic heterocycles. The molecule has 5 nitrogen and oxygen atoms in total. The third-order valence-corrected chi connectivity index (χ3v) is 3.20. The molecule has 0 amide bonds. The van der Waals surface area contributed by atoms with Crippen molar-refractivity contribution < 1.29 is 9.63 Å². The summed E-state index contributed by atoms with van der Waals surface area (Å²) in [7, 11) is 0. The molecule has 0 atom stereocenters. The van der Waals surface area contributed by atoms with E-state index in [1.807, 2.05) is 18.2 Å². The molecule has 0 saturated heterocycles. The van der Waals surface area contributed by atoms with Gasteiger partial charge < -0.3 is 9.63 Å². The van der Waals surface area contributed by atoms with Crippen LogP contribution in [0.2, 0.25) is 0 Å². The van der Waals surface area contributed by atoms with Gasteiger partial charge in [0.1, 0.15) is 0 Å². The maximum Gasteiger partial charge on any atom is 0.240 e. The third-order valence-electron chi connectivity index (χ3n) is 3.20. The van der Waals surface area contributed by atoms with Gasteiger partial charge >= 0.3 is 0 Å². The van der Waals surface area contributed by atoms with Gasteiger partial charge in [-0.3, -0.25) is 4.90 Å². The number of benzene rings is 1. The predicted molar refractivity (Wildman–Crippen MR) is 85.1 cm³/mol. The Kier molecular flexibility index (Phi) is 5.69. The summed E-state index contributed by atoms with van der Waals surface area (Å²) in [6.45, 7) is 7.51. The molecule has 0 radical (unpaired) electrons. The first-order chi connectivity index (χ1) is 10.5. The van der Waals surface area contributed by atoms with Gasteiger partial charge in [0.05, 0.1) is 12.1 Å². The van der Waals surface area contributed by atoms with E-state index in [4.69, 9.17) is 4.52 Å². The SMILES string of the molecule is CCCc1noc(CN(Cc2ccccc2)CC(C)(C)O)n1. The summed E-state index contributed by atoms with van der Waals surface area (Å²) in [4.78, 5) is 6.53. The molecule has 0 aliphatic carbocycles. The maximum atomic E-state index is 10.1. The number of nitrogens with zero attached hydrogens (tertiary/aromatic N) is 3. The fraction of sp³-hybridized carbons (Fsp3) is 0.529. The van der Waals surface area contributed by atoms with E-state index in [9.17, 15) is 5.11 Å². The van der Waals surface area contributed by atoms with Crippen molar-refractivity contribution in [3.63, 3.8) is 0 Å². The molecular weight excluding hydrogens is 278 g/mol. The lowest BCUT2D eigenvalue weighted by Gasteiger charge is -2.27. The zero-order valence-corrected chi connectivity index (χ0v) is 13.6. The van der Waals surface area contributed by atoms with E-state index >= 15 is 0 Å².